The third-order valence-electron chi connectivity index (χ3n) is 6.32. The lowest BCUT2D eigenvalue weighted by atomic mass is 9.74. The zero-order valence-electron chi connectivity index (χ0n) is 18.7. The van der Waals surface area contributed by atoms with Crippen LogP contribution in [0.15, 0.2) is 54.9 Å². The SMILES string of the molecule is COc1ccc(-c2ccc(CC3(C(N)=O)CCCN(C(=O)CCn4cnnn4)C3)cc2)cc1. The number of likely N-dealkylation sites (tertiary alicyclic amines) is 1. The molecule has 4 rings (SSSR count). The van der Waals surface area contributed by atoms with Crippen molar-refractivity contribution < 1.29 is 14.3 Å². The zero-order chi connectivity index (χ0) is 23.3. The lowest BCUT2D eigenvalue weighted by molar-refractivity contribution is -0.140. The molecule has 1 unspecified atom stereocenters. The molecule has 2 heterocycles. The van der Waals surface area contributed by atoms with E-state index in [1.165, 1.54) is 11.0 Å². The van der Waals surface area contributed by atoms with Crippen LogP contribution in [-0.4, -0.2) is 57.1 Å². The highest BCUT2D eigenvalue weighted by atomic mass is 16.5. The Kier molecular flexibility index (Phi) is 6.67. The van der Waals surface area contributed by atoms with Gasteiger partial charge in [-0.25, -0.2) is 4.68 Å². The fourth-order valence-corrected chi connectivity index (χ4v) is 4.42. The largest absolute Gasteiger partial charge is 0.497 e. The number of piperidine rings is 1. The van der Waals surface area contributed by atoms with Gasteiger partial charge in [0.05, 0.1) is 19.1 Å². The van der Waals surface area contributed by atoms with E-state index in [9.17, 15) is 9.59 Å². The van der Waals surface area contributed by atoms with E-state index in [2.05, 4.69) is 15.5 Å². The van der Waals surface area contributed by atoms with E-state index in [4.69, 9.17) is 10.5 Å². The van der Waals surface area contributed by atoms with Gasteiger partial charge < -0.3 is 15.4 Å². The summed E-state index contributed by atoms with van der Waals surface area (Å²) in [6, 6.07) is 16.0. The molecular formula is C24H28N6O3. The van der Waals surface area contributed by atoms with Crippen LogP contribution in [0.25, 0.3) is 11.1 Å². The van der Waals surface area contributed by atoms with Crippen LogP contribution in [0, 0.1) is 5.41 Å². The van der Waals surface area contributed by atoms with Gasteiger partial charge >= 0.3 is 0 Å². The van der Waals surface area contributed by atoms with Gasteiger partial charge in [0.15, 0.2) is 0 Å². The number of nitrogens with two attached hydrogens (primary N) is 1. The van der Waals surface area contributed by atoms with Gasteiger partial charge in [0, 0.05) is 19.5 Å². The fourth-order valence-electron chi connectivity index (χ4n) is 4.42. The quantitative estimate of drug-likeness (QED) is 0.564. The first-order valence-corrected chi connectivity index (χ1v) is 11.0. The maximum absolute atomic E-state index is 12.8. The molecule has 1 saturated heterocycles. The second-order valence-electron chi connectivity index (χ2n) is 8.49. The number of aromatic nitrogens is 4. The molecule has 0 bridgehead atoms. The highest BCUT2D eigenvalue weighted by molar-refractivity contribution is 5.83. The lowest BCUT2D eigenvalue weighted by Gasteiger charge is -2.41. The molecule has 172 valence electrons. The maximum Gasteiger partial charge on any atom is 0.225 e. The summed E-state index contributed by atoms with van der Waals surface area (Å²) in [5, 5.41) is 10.9. The van der Waals surface area contributed by atoms with Crippen molar-refractivity contribution >= 4 is 11.8 Å². The van der Waals surface area contributed by atoms with E-state index < -0.39 is 5.41 Å². The summed E-state index contributed by atoms with van der Waals surface area (Å²) in [6.07, 6.45) is 3.66. The van der Waals surface area contributed by atoms with Gasteiger partial charge in [0.2, 0.25) is 11.8 Å². The molecule has 1 aliphatic rings. The molecule has 33 heavy (non-hydrogen) atoms. The normalized spacial score (nSPS) is 18.2. The van der Waals surface area contributed by atoms with Crippen molar-refractivity contribution in [1.29, 1.82) is 0 Å². The second kappa shape index (κ2) is 9.81. The molecule has 0 spiro atoms. The summed E-state index contributed by atoms with van der Waals surface area (Å²) in [7, 11) is 1.65. The molecule has 0 radical (unpaired) electrons. The number of tetrazole rings is 1. The topological polar surface area (TPSA) is 116 Å². The monoisotopic (exact) mass is 448 g/mol. The first-order chi connectivity index (χ1) is 16.0. The number of carbonyl (C=O) groups is 2. The van der Waals surface area contributed by atoms with Crippen LogP contribution < -0.4 is 10.5 Å². The number of aryl methyl sites for hydroxylation is 1. The second-order valence-corrected chi connectivity index (χ2v) is 8.49. The molecule has 2 aromatic carbocycles. The van der Waals surface area contributed by atoms with Crippen molar-refractivity contribution in [1.82, 2.24) is 25.1 Å². The third kappa shape index (κ3) is 5.19. The lowest BCUT2D eigenvalue weighted by Crippen LogP contribution is -2.53. The summed E-state index contributed by atoms with van der Waals surface area (Å²) in [5.41, 5.74) is 8.31. The van der Waals surface area contributed by atoms with Gasteiger partial charge in [-0.05, 0) is 58.5 Å². The number of methoxy groups -OCH3 is 1. The molecule has 1 aromatic heterocycles. The number of hydrogen-bond acceptors (Lipinski definition) is 6. The van der Waals surface area contributed by atoms with Gasteiger partial charge in [-0.15, -0.1) is 5.10 Å². The first-order valence-electron chi connectivity index (χ1n) is 11.0. The number of ether oxygens (including phenoxy) is 1. The van der Waals surface area contributed by atoms with Crippen LogP contribution in [0.2, 0.25) is 0 Å². The van der Waals surface area contributed by atoms with Crippen LogP contribution >= 0.6 is 0 Å². The standard InChI is InChI=1S/C24H28N6O3/c1-33-21-9-7-20(8-10-21)19-5-3-18(4-6-19)15-24(23(25)32)12-2-13-29(16-24)22(31)11-14-30-17-26-27-28-30/h3-10,17H,2,11-16H2,1H3,(H2,25,32). The van der Waals surface area contributed by atoms with Crippen LogP contribution in [0.5, 0.6) is 5.75 Å². The molecule has 0 aliphatic carbocycles. The smallest absolute Gasteiger partial charge is 0.225 e. The molecule has 9 heteroatoms. The third-order valence-corrected chi connectivity index (χ3v) is 6.32. The van der Waals surface area contributed by atoms with Gasteiger partial charge in [-0.1, -0.05) is 36.4 Å². The van der Waals surface area contributed by atoms with E-state index in [0.717, 1.165) is 28.9 Å². The fraction of sp³-hybridized carbons (Fsp3) is 0.375. The molecule has 1 aliphatic heterocycles. The number of amides is 2. The Hall–Kier alpha value is -3.75. The summed E-state index contributed by atoms with van der Waals surface area (Å²) in [6.45, 7) is 1.36. The minimum absolute atomic E-state index is 0.0225. The van der Waals surface area contributed by atoms with Crippen molar-refractivity contribution in [2.24, 2.45) is 11.1 Å². The Bertz CT molecular complexity index is 1080. The Balaban J connectivity index is 1.44. The minimum Gasteiger partial charge on any atom is -0.497 e. The number of hydrogen-bond donors (Lipinski definition) is 1. The van der Waals surface area contributed by atoms with Crippen molar-refractivity contribution in [3.05, 3.63) is 60.4 Å². The predicted octanol–water partition coefficient (Wildman–Crippen LogP) is 2.08. The molecule has 1 atom stereocenters. The van der Waals surface area contributed by atoms with Crippen LogP contribution in [0.1, 0.15) is 24.8 Å². The van der Waals surface area contributed by atoms with Gasteiger partial charge in [-0.3, -0.25) is 9.59 Å². The Labute approximate surface area is 192 Å². The molecule has 9 nitrogen and oxygen atoms in total. The number of primary amides is 1. The Morgan fingerprint density at radius 3 is 2.39 bits per heavy atom. The average Bonchev–Trinajstić information content (AvgIpc) is 3.37. The summed E-state index contributed by atoms with van der Waals surface area (Å²) in [4.78, 5) is 27.1. The van der Waals surface area contributed by atoms with Crippen LogP contribution in [-0.2, 0) is 22.6 Å². The molecular weight excluding hydrogens is 420 g/mol. The van der Waals surface area contributed by atoms with E-state index in [-0.39, 0.29) is 18.2 Å². The van der Waals surface area contributed by atoms with E-state index in [0.29, 0.717) is 32.5 Å². The average molecular weight is 449 g/mol. The summed E-state index contributed by atoms with van der Waals surface area (Å²) < 4.78 is 6.74. The summed E-state index contributed by atoms with van der Waals surface area (Å²) >= 11 is 0. The minimum atomic E-state index is -0.773. The molecule has 3 aromatic rings. The van der Waals surface area contributed by atoms with Crippen LogP contribution in [0.4, 0.5) is 0 Å². The Morgan fingerprint density at radius 1 is 1.09 bits per heavy atom. The number of nitrogens with zero attached hydrogens (tertiary/aromatic N) is 5. The summed E-state index contributed by atoms with van der Waals surface area (Å²) in [5.74, 6) is 0.429. The predicted molar refractivity (Wildman–Crippen MR) is 122 cm³/mol. The number of benzene rings is 2. The number of rotatable bonds is 8. The molecule has 0 saturated carbocycles. The number of carbonyl (C=O) groups excluding carboxylic acids is 2. The van der Waals surface area contributed by atoms with E-state index in [1.807, 2.05) is 48.5 Å². The zero-order valence-corrected chi connectivity index (χ0v) is 18.7. The van der Waals surface area contributed by atoms with Crippen molar-refractivity contribution in [3.63, 3.8) is 0 Å². The van der Waals surface area contributed by atoms with Gasteiger partial charge in [0.25, 0.3) is 0 Å². The van der Waals surface area contributed by atoms with Crippen LogP contribution in [0.3, 0.4) is 0 Å². The van der Waals surface area contributed by atoms with Gasteiger partial charge in [0.1, 0.15) is 12.1 Å². The highest BCUT2D eigenvalue weighted by Crippen LogP contribution is 2.34. The Morgan fingerprint density at radius 2 is 1.79 bits per heavy atom. The van der Waals surface area contributed by atoms with Crippen molar-refractivity contribution in [2.45, 2.75) is 32.2 Å². The maximum atomic E-state index is 12.8. The van der Waals surface area contributed by atoms with E-state index in [1.54, 1.807) is 12.0 Å². The molecule has 2 amide bonds. The van der Waals surface area contributed by atoms with Crippen molar-refractivity contribution in [2.75, 3.05) is 20.2 Å². The van der Waals surface area contributed by atoms with Gasteiger partial charge in [-0.2, -0.15) is 0 Å². The van der Waals surface area contributed by atoms with Crippen molar-refractivity contribution in [3.8, 4) is 16.9 Å². The van der Waals surface area contributed by atoms with E-state index >= 15 is 0 Å². The first kappa shape index (κ1) is 22.4. The highest BCUT2D eigenvalue weighted by Gasteiger charge is 2.42. The molecule has 2 N–H and O–H groups in total. The molecule has 1 fully saturated rings.